The molecule has 2 amide bonds. The first-order valence-corrected chi connectivity index (χ1v) is 8.76. The molecule has 2 fully saturated rings. The number of benzene rings is 1. The molecule has 140 valence electrons. The number of carbonyl (C=O) groups is 3. The van der Waals surface area contributed by atoms with E-state index in [1.807, 2.05) is 24.3 Å². The van der Waals surface area contributed by atoms with Gasteiger partial charge >= 0.3 is 5.97 Å². The van der Waals surface area contributed by atoms with Gasteiger partial charge in [-0.05, 0) is 37.6 Å². The van der Waals surface area contributed by atoms with Crippen molar-refractivity contribution in [2.45, 2.75) is 31.9 Å². The van der Waals surface area contributed by atoms with Gasteiger partial charge in [0.15, 0.2) is 6.10 Å². The number of anilines is 2. The molecule has 0 aliphatic carbocycles. The maximum Gasteiger partial charge on any atom is 0.329 e. The second-order valence-corrected chi connectivity index (χ2v) is 6.37. The van der Waals surface area contributed by atoms with Gasteiger partial charge in [-0.25, -0.2) is 4.79 Å². The number of rotatable bonds is 5. The number of nitrogens with one attached hydrogen (secondary N) is 2. The molecule has 0 saturated carbocycles. The minimum Gasteiger partial charge on any atom is -0.451 e. The summed E-state index contributed by atoms with van der Waals surface area (Å²) < 4.78 is 10.5. The molecular formula is C18H23N3O5. The zero-order valence-corrected chi connectivity index (χ0v) is 14.7. The number of morpholine rings is 1. The van der Waals surface area contributed by atoms with Crippen LogP contribution in [0.15, 0.2) is 24.3 Å². The van der Waals surface area contributed by atoms with Crippen molar-refractivity contribution in [1.82, 2.24) is 5.32 Å². The molecule has 1 aromatic carbocycles. The van der Waals surface area contributed by atoms with Gasteiger partial charge in [0, 0.05) is 30.9 Å². The summed E-state index contributed by atoms with van der Waals surface area (Å²) in [7, 11) is 0. The fourth-order valence-electron chi connectivity index (χ4n) is 2.92. The summed E-state index contributed by atoms with van der Waals surface area (Å²) in [5.41, 5.74) is 1.70. The topological polar surface area (TPSA) is 97.0 Å². The molecule has 2 aliphatic heterocycles. The maximum absolute atomic E-state index is 12.2. The van der Waals surface area contributed by atoms with Crippen LogP contribution in [0.25, 0.3) is 0 Å². The molecule has 3 rings (SSSR count). The van der Waals surface area contributed by atoms with Gasteiger partial charge < -0.3 is 25.0 Å². The summed E-state index contributed by atoms with van der Waals surface area (Å²) in [6.45, 7) is 4.62. The highest BCUT2D eigenvalue weighted by molar-refractivity contribution is 5.96. The summed E-state index contributed by atoms with van der Waals surface area (Å²) in [6.07, 6.45) is -0.246. The third kappa shape index (κ3) is 4.51. The summed E-state index contributed by atoms with van der Waals surface area (Å²) >= 11 is 0. The average Bonchev–Trinajstić information content (AvgIpc) is 3.09. The number of esters is 1. The molecule has 0 bridgehead atoms. The standard InChI is InChI=1S/C18H23N3O5/c1-12(26-18(24)15-6-7-16(22)20-15)17(23)19-13-2-4-14(5-3-13)21-8-10-25-11-9-21/h2-5,12,15H,6-11H2,1H3,(H,19,23)(H,20,22)/t12-,15-/m0/s1. The Hall–Kier alpha value is -2.61. The molecule has 1 aromatic rings. The van der Waals surface area contributed by atoms with E-state index in [4.69, 9.17) is 9.47 Å². The molecule has 0 spiro atoms. The summed E-state index contributed by atoms with van der Waals surface area (Å²) in [6, 6.07) is 6.84. The van der Waals surface area contributed by atoms with Gasteiger partial charge in [0.1, 0.15) is 6.04 Å². The molecule has 0 unspecified atom stereocenters. The van der Waals surface area contributed by atoms with E-state index in [1.165, 1.54) is 6.92 Å². The Bertz CT molecular complexity index is 670. The number of carbonyl (C=O) groups excluding carboxylic acids is 3. The van der Waals surface area contributed by atoms with Crippen LogP contribution in [0.3, 0.4) is 0 Å². The zero-order valence-electron chi connectivity index (χ0n) is 14.7. The van der Waals surface area contributed by atoms with E-state index in [0.717, 1.165) is 18.8 Å². The van der Waals surface area contributed by atoms with E-state index in [1.54, 1.807) is 0 Å². The van der Waals surface area contributed by atoms with Gasteiger partial charge in [-0.15, -0.1) is 0 Å². The largest absolute Gasteiger partial charge is 0.451 e. The van der Waals surface area contributed by atoms with Gasteiger partial charge in [0.25, 0.3) is 5.91 Å². The Morgan fingerprint density at radius 3 is 2.58 bits per heavy atom. The van der Waals surface area contributed by atoms with Crippen LogP contribution >= 0.6 is 0 Å². The second kappa shape index (κ2) is 8.18. The number of hydrogen-bond acceptors (Lipinski definition) is 6. The third-order valence-corrected chi connectivity index (χ3v) is 4.45. The Labute approximate surface area is 151 Å². The van der Waals surface area contributed by atoms with Crippen molar-refractivity contribution in [2.24, 2.45) is 0 Å². The van der Waals surface area contributed by atoms with E-state index >= 15 is 0 Å². The van der Waals surface area contributed by atoms with Crippen molar-refractivity contribution in [3.05, 3.63) is 24.3 Å². The van der Waals surface area contributed by atoms with Crippen molar-refractivity contribution < 1.29 is 23.9 Å². The molecular weight excluding hydrogens is 338 g/mol. The Kier molecular flexibility index (Phi) is 5.72. The van der Waals surface area contributed by atoms with Gasteiger partial charge in [-0.1, -0.05) is 0 Å². The monoisotopic (exact) mass is 361 g/mol. The maximum atomic E-state index is 12.2. The Morgan fingerprint density at radius 1 is 1.27 bits per heavy atom. The van der Waals surface area contributed by atoms with Crippen LogP contribution in [0, 0.1) is 0 Å². The highest BCUT2D eigenvalue weighted by Gasteiger charge is 2.30. The lowest BCUT2D eigenvalue weighted by Crippen LogP contribution is -2.39. The number of ether oxygens (including phenoxy) is 2. The summed E-state index contributed by atoms with van der Waals surface area (Å²) in [5, 5.41) is 5.26. The molecule has 8 nitrogen and oxygen atoms in total. The molecule has 2 atom stereocenters. The van der Waals surface area contributed by atoms with Gasteiger partial charge in [0.05, 0.1) is 13.2 Å². The molecule has 2 aliphatic rings. The Morgan fingerprint density at radius 2 is 1.96 bits per heavy atom. The van der Waals surface area contributed by atoms with Gasteiger partial charge in [-0.2, -0.15) is 0 Å². The fraction of sp³-hybridized carbons (Fsp3) is 0.500. The van der Waals surface area contributed by atoms with E-state index < -0.39 is 24.0 Å². The van der Waals surface area contributed by atoms with Crippen LogP contribution in [0.1, 0.15) is 19.8 Å². The molecule has 8 heteroatoms. The van der Waals surface area contributed by atoms with Crippen LogP contribution in [-0.2, 0) is 23.9 Å². The van der Waals surface area contributed by atoms with Crippen LogP contribution in [0.2, 0.25) is 0 Å². The van der Waals surface area contributed by atoms with Crippen LogP contribution in [0.4, 0.5) is 11.4 Å². The van der Waals surface area contributed by atoms with Crippen molar-refractivity contribution in [3.63, 3.8) is 0 Å². The lowest BCUT2D eigenvalue weighted by molar-refractivity contribution is -0.155. The first-order chi connectivity index (χ1) is 12.5. The number of nitrogens with zero attached hydrogens (tertiary/aromatic N) is 1. The molecule has 2 heterocycles. The SMILES string of the molecule is C[C@H](OC(=O)[C@@H]1CCC(=O)N1)C(=O)Nc1ccc(N2CCOCC2)cc1. The molecule has 26 heavy (non-hydrogen) atoms. The molecule has 0 aromatic heterocycles. The predicted molar refractivity (Wildman–Crippen MR) is 94.8 cm³/mol. The molecule has 2 N–H and O–H groups in total. The van der Waals surface area contributed by atoms with E-state index in [-0.39, 0.29) is 5.91 Å². The van der Waals surface area contributed by atoms with E-state index in [9.17, 15) is 14.4 Å². The molecule has 2 saturated heterocycles. The molecule has 0 radical (unpaired) electrons. The highest BCUT2D eigenvalue weighted by atomic mass is 16.5. The lowest BCUT2D eigenvalue weighted by Gasteiger charge is -2.29. The quantitative estimate of drug-likeness (QED) is 0.749. The van der Waals surface area contributed by atoms with Crippen molar-refractivity contribution in [1.29, 1.82) is 0 Å². The zero-order chi connectivity index (χ0) is 18.5. The number of amides is 2. The van der Waals surface area contributed by atoms with Crippen molar-refractivity contribution >= 4 is 29.2 Å². The first-order valence-electron chi connectivity index (χ1n) is 8.76. The van der Waals surface area contributed by atoms with E-state index in [0.29, 0.717) is 31.7 Å². The minimum absolute atomic E-state index is 0.176. The summed E-state index contributed by atoms with van der Waals surface area (Å²) in [4.78, 5) is 37.5. The first kappa shape index (κ1) is 18.2. The lowest BCUT2D eigenvalue weighted by atomic mass is 10.2. The third-order valence-electron chi connectivity index (χ3n) is 4.45. The van der Waals surface area contributed by atoms with Gasteiger partial charge in [-0.3, -0.25) is 9.59 Å². The van der Waals surface area contributed by atoms with Crippen molar-refractivity contribution in [2.75, 3.05) is 36.5 Å². The smallest absolute Gasteiger partial charge is 0.329 e. The fourth-order valence-corrected chi connectivity index (χ4v) is 2.92. The second-order valence-electron chi connectivity index (χ2n) is 6.37. The Balaban J connectivity index is 1.50. The number of hydrogen-bond donors (Lipinski definition) is 2. The minimum atomic E-state index is -0.945. The normalized spacial score (nSPS) is 21.0. The average molecular weight is 361 g/mol. The summed E-state index contributed by atoms with van der Waals surface area (Å²) in [5.74, 6) is -1.17. The van der Waals surface area contributed by atoms with Gasteiger partial charge in [0.2, 0.25) is 5.91 Å². The van der Waals surface area contributed by atoms with E-state index in [2.05, 4.69) is 15.5 Å². The highest BCUT2D eigenvalue weighted by Crippen LogP contribution is 2.19. The van der Waals surface area contributed by atoms with Crippen LogP contribution in [0.5, 0.6) is 0 Å². The van der Waals surface area contributed by atoms with Crippen LogP contribution < -0.4 is 15.5 Å². The predicted octanol–water partition coefficient (Wildman–Crippen LogP) is 0.672. The van der Waals surface area contributed by atoms with Crippen molar-refractivity contribution in [3.8, 4) is 0 Å². The van der Waals surface area contributed by atoms with Crippen LogP contribution in [-0.4, -0.2) is 56.2 Å².